The topological polar surface area (TPSA) is 104 Å². The largest absolute Gasteiger partial charge is 0.486 e. The van der Waals surface area contributed by atoms with Crippen molar-refractivity contribution in [3.63, 3.8) is 0 Å². The smallest absolute Gasteiger partial charge is 0.291 e. The monoisotopic (exact) mass is 478 g/mol. The van der Waals surface area contributed by atoms with Crippen molar-refractivity contribution in [2.45, 2.75) is 13.5 Å². The van der Waals surface area contributed by atoms with Gasteiger partial charge in [0.15, 0.2) is 5.76 Å². The first kappa shape index (κ1) is 22.9. The average molecular weight is 479 g/mol. The second kappa shape index (κ2) is 10.1. The molecule has 1 aromatic heterocycles. The molecule has 34 heavy (non-hydrogen) atoms. The summed E-state index contributed by atoms with van der Waals surface area (Å²) in [6.07, 6.45) is 0. The van der Waals surface area contributed by atoms with Crippen LogP contribution in [0.4, 0.5) is 11.4 Å². The summed E-state index contributed by atoms with van der Waals surface area (Å²) < 4.78 is 16.9. The summed E-state index contributed by atoms with van der Waals surface area (Å²) in [5.74, 6) is 1.17. The third kappa shape index (κ3) is 5.93. The Hall–Kier alpha value is -4.30. The van der Waals surface area contributed by atoms with E-state index in [0.29, 0.717) is 22.3 Å². The van der Waals surface area contributed by atoms with Crippen LogP contribution in [0.2, 0.25) is 5.02 Å². The van der Waals surface area contributed by atoms with E-state index in [1.165, 1.54) is 24.3 Å². The normalized spacial score (nSPS) is 10.5. The molecule has 9 heteroatoms. The quantitative estimate of drug-likeness (QED) is 0.221. The van der Waals surface area contributed by atoms with E-state index in [1.54, 1.807) is 42.5 Å². The van der Waals surface area contributed by atoms with Gasteiger partial charge in [-0.15, -0.1) is 0 Å². The number of hydrogen-bond donors (Lipinski definition) is 1. The van der Waals surface area contributed by atoms with Gasteiger partial charge < -0.3 is 19.2 Å². The summed E-state index contributed by atoms with van der Waals surface area (Å²) >= 11 is 5.94. The maximum Gasteiger partial charge on any atom is 0.291 e. The number of halogens is 1. The molecule has 1 amide bonds. The van der Waals surface area contributed by atoms with Gasteiger partial charge in [0.05, 0.1) is 16.7 Å². The summed E-state index contributed by atoms with van der Waals surface area (Å²) in [5, 5.41) is 14.5. The van der Waals surface area contributed by atoms with Crippen molar-refractivity contribution in [1.82, 2.24) is 0 Å². The molecule has 0 bridgehead atoms. The molecule has 4 aromatic rings. The SMILES string of the molecule is Cc1cccc(Oc2cc(NC(=O)c3ccc(COc4cccc(Cl)c4)o3)cc([N+](=O)[O-])c2)c1. The molecule has 1 heterocycles. The summed E-state index contributed by atoms with van der Waals surface area (Å²) in [5.41, 5.74) is 0.940. The van der Waals surface area contributed by atoms with E-state index in [0.717, 1.165) is 5.56 Å². The van der Waals surface area contributed by atoms with Crippen LogP contribution in [0.5, 0.6) is 17.2 Å². The van der Waals surface area contributed by atoms with Crippen LogP contribution in [-0.2, 0) is 6.61 Å². The van der Waals surface area contributed by atoms with Gasteiger partial charge in [-0.3, -0.25) is 14.9 Å². The zero-order valence-corrected chi connectivity index (χ0v) is 18.7. The summed E-state index contributed by atoms with van der Waals surface area (Å²) in [6.45, 7) is 2.00. The molecule has 0 unspecified atom stereocenters. The molecule has 0 aliphatic carbocycles. The second-order valence-corrected chi connectivity index (χ2v) is 7.79. The van der Waals surface area contributed by atoms with Crippen LogP contribution in [-0.4, -0.2) is 10.8 Å². The molecular formula is C25H19ClN2O6. The highest BCUT2D eigenvalue weighted by Crippen LogP contribution is 2.30. The first-order valence-electron chi connectivity index (χ1n) is 10.2. The summed E-state index contributed by atoms with van der Waals surface area (Å²) in [4.78, 5) is 23.5. The van der Waals surface area contributed by atoms with Crippen molar-refractivity contribution in [3.8, 4) is 17.2 Å². The molecule has 3 aromatic carbocycles. The zero-order chi connectivity index (χ0) is 24.1. The number of benzene rings is 3. The third-order valence-electron chi connectivity index (χ3n) is 4.65. The van der Waals surface area contributed by atoms with Crippen molar-refractivity contribution in [1.29, 1.82) is 0 Å². The van der Waals surface area contributed by atoms with E-state index in [9.17, 15) is 14.9 Å². The Bertz CT molecular complexity index is 1350. The highest BCUT2D eigenvalue weighted by Gasteiger charge is 2.16. The van der Waals surface area contributed by atoms with E-state index in [1.807, 2.05) is 19.1 Å². The van der Waals surface area contributed by atoms with Crippen LogP contribution in [0.1, 0.15) is 21.9 Å². The maximum absolute atomic E-state index is 12.7. The lowest BCUT2D eigenvalue weighted by molar-refractivity contribution is -0.384. The van der Waals surface area contributed by atoms with Gasteiger partial charge in [0.2, 0.25) is 0 Å². The molecule has 0 radical (unpaired) electrons. The minimum atomic E-state index is -0.573. The first-order chi connectivity index (χ1) is 16.4. The fourth-order valence-corrected chi connectivity index (χ4v) is 3.30. The van der Waals surface area contributed by atoms with Crippen LogP contribution in [0.25, 0.3) is 0 Å². The van der Waals surface area contributed by atoms with Gasteiger partial charge in [0, 0.05) is 17.2 Å². The van der Waals surface area contributed by atoms with Gasteiger partial charge in [-0.2, -0.15) is 0 Å². The van der Waals surface area contributed by atoms with Crippen LogP contribution in [0, 0.1) is 17.0 Å². The predicted octanol–water partition coefficient (Wildman–Crippen LogP) is 6.77. The van der Waals surface area contributed by atoms with Gasteiger partial charge >= 0.3 is 0 Å². The Morgan fingerprint density at radius 1 is 1.00 bits per heavy atom. The Balaban J connectivity index is 1.46. The van der Waals surface area contributed by atoms with Crippen molar-refractivity contribution < 1.29 is 23.6 Å². The summed E-state index contributed by atoms with van der Waals surface area (Å²) in [7, 11) is 0. The Morgan fingerprint density at radius 2 is 1.79 bits per heavy atom. The molecule has 0 spiro atoms. The number of anilines is 1. The Kier molecular flexibility index (Phi) is 6.79. The van der Waals surface area contributed by atoms with Crippen molar-refractivity contribution in [2.75, 3.05) is 5.32 Å². The number of nitro benzene ring substituents is 1. The lowest BCUT2D eigenvalue weighted by atomic mass is 10.2. The second-order valence-electron chi connectivity index (χ2n) is 7.36. The number of nitrogens with zero attached hydrogens (tertiary/aromatic N) is 1. The van der Waals surface area contributed by atoms with E-state index in [2.05, 4.69) is 5.32 Å². The molecule has 1 N–H and O–H groups in total. The predicted molar refractivity (Wildman–Crippen MR) is 127 cm³/mol. The number of hydrogen-bond acceptors (Lipinski definition) is 6. The molecule has 0 saturated carbocycles. The minimum Gasteiger partial charge on any atom is -0.486 e. The molecule has 0 saturated heterocycles. The average Bonchev–Trinajstić information content (AvgIpc) is 3.27. The van der Waals surface area contributed by atoms with Crippen molar-refractivity contribution in [3.05, 3.63) is 111 Å². The van der Waals surface area contributed by atoms with Gasteiger partial charge in [0.1, 0.15) is 29.6 Å². The number of aryl methyl sites for hydroxylation is 1. The lowest BCUT2D eigenvalue weighted by Gasteiger charge is -2.09. The number of non-ortho nitro benzene ring substituents is 1. The molecular weight excluding hydrogens is 460 g/mol. The van der Waals surface area contributed by atoms with E-state index >= 15 is 0 Å². The van der Waals surface area contributed by atoms with Gasteiger partial charge in [-0.05, 0) is 55.0 Å². The molecule has 0 fully saturated rings. The zero-order valence-electron chi connectivity index (χ0n) is 18.0. The van der Waals surface area contributed by atoms with Crippen LogP contribution < -0.4 is 14.8 Å². The van der Waals surface area contributed by atoms with Gasteiger partial charge in [0.25, 0.3) is 11.6 Å². The number of amides is 1. The number of ether oxygens (including phenoxy) is 2. The number of nitro groups is 1. The molecule has 0 atom stereocenters. The number of nitrogens with one attached hydrogen (secondary N) is 1. The molecule has 0 aliphatic heterocycles. The fourth-order valence-electron chi connectivity index (χ4n) is 3.12. The minimum absolute atomic E-state index is 0.0253. The first-order valence-corrected chi connectivity index (χ1v) is 10.6. The number of furan rings is 1. The van der Waals surface area contributed by atoms with E-state index < -0.39 is 10.8 Å². The number of carbonyl (C=O) groups is 1. The van der Waals surface area contributed by atoms with E-state index in [4.69, 9.17) is 25.5 Å². The van der Waals surface area contributed by atoms with Crippen LogP contribution in [0.3, 0.4) is 0 Å². The Morgan fingerprint density at radius 3 is 2.56 bits per heavy atom. The van der Waals surface area contributed by atoms with Crippen LogP contribution in [0.15, 0.2) is 83.3 Å². The standard InChI is InChI=1S/C25H19ClN2O6/c1-16-4-2-7-21(10-16)33-23-13-18(12-19(14-23)28(30)31)27-25(29)24-9-8-22(34-24)15-32-20-6-3-5-17(26)11-20/h2-14H,15H2,1H3,(H,27,29). The maximum atomic E-state index is 12.7. The van der Waals surface area contributed by atoms with E-state index in [-0.39, 0.29) is 29.5 Å². The fraction of sp³-hybridized carbons (Fsp3) is 0.0800. The molecule has 4 rings (SSSR count). The molecule has 0 aliphatic rings. The third-order valence-corrected chi connectivity index (χ3v) is 4.88. The van der Waals surface area contributed by atoms with Crippen molar-refractivity contribution in [2.24, 2.45) is 0 Å². The lowest BCUT2D eigenvalue weighted by Crippen LogP contribution is -2.11. The van der Waals surface area contributed by atoms with Crippen molar-refractivity contribution >= 4 is 28.9 Å². The van der Waals surface area contributed by atoms with Gasteiger partial charge in [-0.1, -0.05) is 29.8 Å². The molecule has 8 nitrogen and oxygen atoms in total. The molecule has 172 valence electrons. The van der Waals surface area contributed by atoms with Crippen LogP contribution >= 0.6 is 11.6 Å². The number of carbonyl (C=O) groups excluding carboxylic acids is 1. The number of rotatable bonds is 8. The van der Waals surface area contributed by atoms with Gasteiger partial charge in [-0.25, -0.2) is 0 Å². The Labute approximate surface area is 199 Å². The highest BCUT2D eigenvalue weighted by atomic mass is 35.5. The summed E-state index contributed by atoms with van der Waals surface area (Å²) in [6, 6.07) is 21.3. The highest BCUT2D eigenvalue weighted by molar-refractivity contribution is 6.30.